The fourth-order valence-corrected chi connectivity index (χ4v) is 1.63. The van der Waals surface area contributed by atoms with Gasteiger partial charge in [-0.1, -0.05) is 0 Å². The van der Waals surface area contributed by atoms with Crippen molar-refractivity contribution >= 4 is 5.95 Å². The predicted octanol–water partition coefficient (Wildman–Crippen LogP) is 1.95. The molecule has 0 unspecified atom stereocenters. The molecule has 1 aromatic heterocycles. The van der Waals surface area contributed by atoms with Crippen LogP contribution in [0.1, 0.15) is 13.8 Å². The third-order valence-electron chi connectivity index (χ3n) is 2.35. The van der Waals surface area contributed by atoms with Crippen molar-refractivity contribution in [2.24, 2.45) is 0 Å². The number of nitrogens with one attached hydrogen (secondary N) is 1. The fourth-order valence-electron chi connectivity index (χ4n) is 1.63. The van der Waals surface area contributed by atoms with Gasteiger partial charge in [-0.3, -0.25) is 9.78 Å². The number of nitrogen functional groups attached to an aromatic ring is 1. The Bertz CT molecular complexity index is 653. The quantitative estimate of drug-likeness (QED) is 0.886. The van der Waals surface area contributed by atoms with Gasteiger partial charge in [0.2, 0.25) is 5.95 Å². The second-order valence-corrected chi connectivity index (χ2v) is 4.33. The lowest BCUT2D eigenvalue weighted by atomic mass is 10.1. The van der Waals surface area contributed by atoms with Crippen molar-refractivity contribution in [2.75, 3.05) is 5.73 Å². The van der Waals surface area contributed by atoms with Crippen LogP contribution in [0.2, 0.25) is 0 Å². The van der Waals surface area contributed by atoms with Crippen LogP contribution in [0.15, 0.2) is 29.1 Å². The molecule has 3 N–H and O–H groups in total. The van der Waals surface area contributed by atoms with E-state index in [-0.39, 0.29) is 23.4 Å². The summed E-state index contributed by atoms with van der Waals surface area (Å²) in [5.41, 5.74) is 5.84. The smallest absolute Gasteiger partial charge is 0.252 e. The second kappa shape index (κ2) is 5.09. The summed E-state index contributed by atoms with van der Waals surface area (Å²) in [6, 6.07) is 5.65. The molecule has 0 aliphatic heterocycles. The number of H-pyrrole nitrogens is 1. The molecule has 2 aromatic rings. The molecule has 2 rings (SSSR count). The minimum Gasteiger partial charge on any atom is -0.488 e. The summed E-state index contributed by atoms with van der Waals surface area (Å²) < 4.78 is 19.1. The second-order valence-electron chi connectivity index (χ2n) is 4.33. The minimum atomic E-state index is -0.508. The number of anilines is 1. The van der Waals surface area contributed by atoms with Crippen molar-refractivity contribution in [1.82, 2.24) is 9.97 Å². The Labute approximate surface area is 109 Å². The van der Waals surface area contributed by atoms with Gasteiger partial charge in [-0.2, -0.15) is 0 Å². The first-order chi connectivity index (χ1) is 8.95. The number of hydrogen-bond acceptors (Lipinski definition) is 4. The van der Waals surface area contributed by atoms with Crippen molar-refractivity contribution in [2.45, 2.75) is 20.0 Å². The van der Waals surface area contributed by atoms with E-state index >= 15 is 0 Å². The monoisotopic (exact) mass is 263 g/mol. The number of benzene rings is 1. The number of nitrogens with two attached hydrogens (primary N) is 1. The van der Waals surface area contributed by atoms with Crippen LogP contribution >= 0.6 is 0 Å². The van der Waals surface area contributed by atoms with Gasteiger partial charge in [0.25, 0.3) is 5.56 Å². The molecule has 0 atom stereocenters. The molecule has 0 aliphatic carbocycles. The Morgan fingerprint density at radius 2 is 2.11 bits per heavy atom. The van der Waals surface area contributed by atoms with Crippen LogP contribution in [0.25, 0.3) is 11.3 Å². The van der Waals surface area contributed by atoms with E-state index in [9.17, 15) is 9.18 Å². The van der Waals surface area contributed by atoms with Gasteiger partial charge >= 0.3 is 0 Å². The molecule has 0 saturated heterocycles. The molecule has 19 heavy (non-hydrogen) atoms. The summed E-state index contributed by atoms with van der Waals surface area (Å²) in [4.78, 5) is 17.6. The molecular formula is C13H14FN3O2. The Morgan fingerprint density at radius 3 is 2.68 bits per heavy atom. The number of rotatable bonds is 3. The fraction of sp³-hybridized carbons (Fsp3) is 0.231. The lowest BCUT2D eigenvalue weighted by Crippen LogP contribution is -2.10. The first-order valence-electron chi connectivity index (χ1n) is 5.79. The van der Waals surface area contributed by atoms with Gasteiger partial charge in [0.1, 0.15) is 0 Å². The van der Waals surface area contributed by atoms with Gasteiger partial charge in [0.05, 0.1) is 11.8 Å². The van der Waals surface area contributed by atoms with Gasteiger partial charge in [0, 0.05) is 11.6 Å². The average Bonchev–Trinajstić information content (AvgIpc) is 2.30. The molecule has 0 amide bonds. The molecule has 0 fully saturated rings. The van der Waals surface area contributed by atoms with E-state index in [4.69, 9.17) is 10.5 Å². The summed E-state index contributed by atoms with van der Waals surface area (Å²) in [5, 5.41) is 0. The number of halogens is 1. The van der Waals surface area contributed by atoms with Crippen LogP contribution in [-0.2, 0) is 0 Å². The lowest BCUT2D eigenvalue weighted by Gasteiger charge is -2.11. The first-order valence-corrected chi connectivity index (χ1v) is 5.79. The summed E-state index contributed by atoms with van der Waals surface area (Å²) in [6.45, 7) is 3.62. The zero-order chi connectivity index (χ0) is 14.0. The number of hydrogen-bond donors (Lipinski definition) is 2. The summed E-state index contributed by atoms with van der Waals surface area (Å²) >= 11 is 0. The van der Waals surface area contributed by atoms with Crippen LogP contribution in [0, 0.1) is 5.82 Å². The van der Waals surface area contributed by atoms with Crippen molar-refractivity contribution in [3.63, 3.8) is 0 Å². The molecule has 100 valence electrons. The van der Waals surface area contributed by atoms with Gasteiger partial charge in [-0.25, -0.2) is 9.37 Å². The maximum Gasteiger partial charge on any atom is 0.252 e. The molecule has 1 aromatic carbocycles. The summed E-state index contributed by atoms with van der Waals surface area (Å²) in [5.74, 6) is -0.353. The highest BCUT2D eigenvalue weighted by molar-refractivity contribution is 5.61. The minimum absolute atomic E-state index is 0.00887. The predicted molar refractivity (Wildman–Crippen MR) is 70.4 cm³/mol. The first kappa shape index (κ1) is 13.1. The number of nitrogens with zero attached hydrogens (tertiary/aromatic N) is 1. The highest BCUT2D eigenvalue weighted by Gasteiger charge is 2.09. The van der Waals surface area contributed by atoms with Crippen LogP contribution in [-0.4, -0.2) is 16.1 Å². The van der Waals surface area contributed by atoms with Crippen molar-refractivity contribution in [1.29, 1.82) is 0 Å². The largest absolute Gasteiger partial charge is 0.488 e. The molecule has 5 nitrogen and oxygen atoms in total. The van der Waals surface area contributed by atoms with E-state index in [1.54, 1.807) is 6.07 Å². The summed E-state index contributed by atoms with van der Waals surface area (Å²) in [6.07, 6.45) is -0.117. The third kappa shape index (κ3) is 3.09. The number of aromatic amines is 1. The molecular weight excluding hydrogens is 249 g/mol. The number of ether oxygens (including phenoxy) is 1. The molecule has 6 heteroatoms. The Balaban J connectivity index is 2.41. The van der Waals surface area contributed by atoms with E-state index in [1.165, 1.54) is 18.2 Å². The topological polar surface area (TPSA) is 81.0 Å². The molecule has 0 saturated carbocycles. The molecule has 1 heterocycles. The van der Waals surface area contributed by atoms with Crippen molar-refractivity contribution in [3.8, 4) is 17.0 Å². The van der Waals surface area contributed by atoms with E-state index in [0.29, 0.717) is 11.3 Å². The van der Waals surface area contributed by atoms with Crippen molar-refractivity contribution < 1.29 is 9.13 Å². The van der Waals surface area contributed by atoms with Crippen LogP contribution in [0.5, 0.6) is 5.75 Å². The van der Waals surface area contributed by atoms with E-state index < -0.39 is 5.82 Å². The maximum absolute atomic E-state index is 13.8. The Hall–Kier alpha value is -2.37. The average molecular weight is 263 g/mol. The van der Waals surface area contributed by atoms with Gasteiger partial charge in [0.15, 0.2) is 11.6 Å². The highest BCUT2D eigenvalue weighted by atomic mass is 19.1. The molecule has 0 bridgehead atoms. The van der Waals surface area contributed by atoms with E-state index in [1.807, 2.05) is 13.8 Å². The van der Waals surface area contributed by atoms with Crippen molar-refractivity contribution in [3.05, 3.63) is 40.4 Å². The van der Waals surface area contributed by atoms with Crippen LogP contribution < -0.4 is 16.0 Å². The van der Waals surface area contributed by atoms with Gasteiger partial charge in [-0.05, 0) is 32.0 Å². The van der Waals surface area contributed by atoms with Gasteiger partial charge in [-0.15, -0.1) is 0 Å². The van der Waals surface area contributed by atoms with E-state index in [0.717, 1.165) is 0 Å². The van der Waals surface area contributed by atoms with Crippen LogP contribution in [0.3, 0.4) is 0 Å². The molecule has 0 radical (unpaired) electrons. The number of aromatic nitrogens is 2. The summed E-state index contributed by atoms with van der Waals surface area (Å²) in [7, 11) is 0. The maximum atomic E-state index is 13.8. The molecule has 0 spiro atoms. The zero-order valence-corrected chi connectivity index (χ0v) is 10.6. The zero-order valence-electron chi connectivity index (χ0n) is 10.6. The van der Waals surface area contributed by atoms with Crippen LogP contribution in [0.4, 0.5) is 10.3 Å². The van der Waals surface area contributed by atoms with Gasteiger partial charge < -0.3 is 10.5 Å². The Kier molecular flexibility index (Phi) is 3.50. The third-order valence-corrected chi connectivity index (χ3v) is 2.35. The Morgan fingerprint density at radius 1 is 1.37 bits per heavy atom. The molecule has 0 aliphatic rings. The standard InChI is InChI=1S/C13H14FN3O2/c1-7(2)19-11-4-3-8(5-9(11)14)10-6-12(18)17-13(15)16-10/h3-7H,1-2H3,(H3,15,16,17,18). The SMILES string of the molecule is CC(C)Oc1ccc(-c2cc(=O)[nH]c(N)n2)cc1F. The lowest BCUT2D eigenvalue weighted by molar-refractivity contribution is 0.231. The normalized spacial score (nSPS) is 10.7. The van der Waals surface area contributed by atoms with E-state index in [2.05, 4.69) is 9.97 Å². The highest BCUT2D eigenvalue weighted by Crippen LogP contribution is 2.24.